The van der Waals surface area contributed by atoms with E-state index >= 15 is 0 Å². The van der Waals surface area contributed by atoms with Crippen LogP contribution in [-0.4, -0.2) is 24.4 Å². The van der Waals surface area contributed by atoms with E-state index in [1.165, 1.54) is 0 Å². The highest BCUT2D eigenvalue weighted by molar-refractivity contribution is 9.10. The summed E-state index contributed by atoms with van der Waals surface area (Å²) in [7, 11) is 0. The number of nitrogens with zero attached hydrogens (tertiary/aromatic N) is 1. The molecular formula is C21H16BrNO4S. The van der Waals surface area contributed by atoms with Crippen molar-refractivity contribution in [3.05, 3.63) is 57.4 Å². The largest absolute Gasteiger partial charge is 0.490 e. The first-order chi connectivity index (χ1) is 13.5. The van der Waals surface area contributed by atoms with E-state index in [0.717, 1.165) is 16.7 Å². The predicted molar refractivity (Wildman–Crippen MR) is 115 cm³/mol. The standard InChI is InChI=1S/C21H16BrNO4S/c1-3-10-27-18-13-16(22)14(11-17(18)26-4-2)12-19-20(24)23(21(25)28-19)15-8-6-5-7-9-15/h1,5-9,11-13H,4,10H2,2H3/b19-12-. The van der Waals surface area contributed by atoms with Crippen LogP contribution >= 0.6 is 27.7 Å². The van der Waals surface area contributed by atoms with E-state index in [1.807, 2.05) is 13.0 Å². The monoisotopic (exact) mass is 457 g/mol. The van der Waals surface area contributed by atoms with E-state index in [4.69, 9.17) is 15.9 Å². The number of imide groups is 1. The van der Waals surface area contributed by atoms with E-state index in [2.05, 4.69) is 21.9 Å². The van der Waals surface area contributed by atoms with Gasteiger partial charge in [-0.05, 0) is 54.6 Å². The number of benzene rings is 2. The number of hydrogen-bond donors (Lipinski definition) is 0. The molecule has 0 aromatic heterocycles. The number of ether oxygens (including phenoxy) is 2. The summed E-state index contributed by atoms with van der Waals surface area (Å²) in [6.45, 7) is 2.41. The van der Waals surface area contributed by atoms with E-state index in [-0.39, 0.29) is 17.8 Å². The Labute approximate surface area is 175 Å². The van der Waals surface area contributed by atoms with Gasteiger partial charge < -0.3 is 9.47 Å². The molecular weight excluding hydrogens is 442 g/mol. The maximum atomic E-state index is 12.8. The Balaban J connectivity index is 1.95. The molecule has 0 unspecified atom stereocenters. The van der Waals surface area contributed by atoms with Gasteiger partial charge >= 0.3 is 0 Å². The number of hydrogen-bond acceptors (Lipinski definition) is 5. The van der Waals surface area contributed by atoms with Crippen LogP contribution in [0.2, 0.25) is 0 Å². The Hall–Kier alpha value is -2.69. The fraction of sp³-hybridized carbons (Fsp3) is 0.143. The highest BCUT2D eigenvalue weighted by Crippen LogP contribution is 2.39. The summed E-state index contributed by atoms with van der Waals surface area (Å²) in [6.07, 6.45) is 6.91. The summed E-state index contributed by atoms with van der Waals surface area (Å²) in [5.41, 5.74) is 1.23. The third-order valence-electron chi connectivity index (χ3n) is 3.77. The van der Waals surface area contributed by atoms with Crippen LogP contribution in [0, 0.1) is 12.3 Å². The lowest BCUT2D eigenvalue weighted by Gasteiger charge is -2.13. The van der Waals surface area contributed by atoms with Gasteiger partial charge in [-0.1, -0.05) is 40.0 Å². The number of amides is 2. The van der Waals surface area contributed by atoms with Crippen LogP contribution in [0.3, 0.4) is 0 Å². The van der Waals surface area contributed by atoms with E-state index in [0.29, 0.717) is 38.7 Å². The molecule has 3 rings (SSSR count). The second-order valence-electron chi connectivity index (χ2n) is 5.60. The molecule has 2 amide bonds. The third-order valence-corrected chi connectivity index (χ3v) is 5.32. The smallest absolute Gasteiger partial charge is 0.298 e. The van der Waals surface area contributed by atoms with Gasteiger partial charge in [0.2, 0.25) is 0 Å². The zero-order valence-electron chi connectivity index (χ0n) is 15.0. The Morgan fingerprint density at radius 3 is 2.57 bits per heavy atom. The molecule has 0 N–H and O–H groups in total. The number of terminal acetylenes is 1. The van der Waals surface area contributed by atoms with Gasteiger partial charge in [-0.2, -0.15) is 0 Å². The molecule has 28 heavy (non-hydrogen) atoms. The molecule has 0 spiro atoms. The molecule has 0 atom stereocenters. The molecule has 2 aromatic carbocycles. The number of rotatable bonds is 6. The second-order valence-corrected chi connectivity index (χ2v) is 7.45. The molecule has 1 fully saturated rings. The minimum Gasteiger partial charge on any atom is -0.490 e. The van der Waals surface area contributed by atoms with Gasteiger partial charge in [-0.15, -0.1) is 6.42 Å². The van der Waals surface area contributed by atoms with Crippen molar-refractivity contribution < 1.29 is 19.1 Å². The molecule has 1 aliphatic rings. The molecule has 1 aliphatic heterocycles. The maximum Gasteiger partial charge on any atom is 0.298 e. The van der Waals surface area contributed by atoms with Gasteiger partial charge in [-0.3, -0.25) is 9.59 Å². The fourth-order valence-corrected chi connectivity index (χ4v) is 3.84. The summed E-state index contributed by atoms with van der Waals surface area (Å²) < 4.78 is 11.8. The van der Waals surface area contributed by atoms with Crippen molar-refractivity contribution in [2.24, 2.45) is 0 Å². The average Bonchev–Trinajstić information content (AvgIpc) is 2.97. The number of carbonyl (C=O) groups excluding carboxylic acids is 2. The van der Waals surface area contributed by atoms with Crippen LogP contribution < -0.4 is 14.4 Å². The summed E-state index contributed by atoms with van der Waals surface area (Å²) in [5, 5.41) is -0.336. The van der Waals surface area contributed by atoms with Crippen molar-refractivity contribution in [3.63, 3.8) is 0 Å². The van der Waals surface area contributed by atoms with Gasteiger partial charge in [0.25, 0.3) is 11.1 Å². The lowest BCUT2D eigenvalue weighted by molar-refractivity contribution is -0.113. The lowest BCUT2D eigenvalue weighted by Crippen LogP contribution is -2.27. The number of para-hydroxylation sites is 1. The highest BCUT2D eigenvalue weighted by Gasteiger charge is 2.36. The zero-order chi connectivity index (χ0) is 20.1. The minimum atomic E-state index is -0.362. The lowest BCUT2D eigenvalue weighted by atomic mass is 10.1. The van der Waals surface area contributed by atoms with Crippen molar-refractivity contribution in [3.8, 4) is 23.8 Å². The number of anilines is 1. The fourth-order valence-electron chi connectivity index (χ4n) is 2.57. The van der Waals surface area contributed by atoms with Gasteiger partial charge in [0.05, 0.1) is 17.2 Å². The molecule has 0 bridgehead atoms. The number of halogens is 1. The van der Waals surface area contributed by atoms with E-state index in [1.54, 1.807) is 42.5 Å². The molecule has 5 nitrogen and oxygen atoms in total. The van der Waals surface area contributed by atoms with Crippen LogP contribution in [0.15, 0.2) is 51.8 Å². The van der Waals surface area contributed by atoms with Crippen molar-refractivity contribution in [1.82, 2.24) is 0 Å². The summed E-state index contributed by atoms with van der Waals surface area (Å²) in [6, 6.07) is 12.3. The maximum absolute atomic E-state index is 12.8. The Bertz CT molecular complexity index is 982. The van der Waals surface area contributed by atoms with Gasteiger partial charge in [0.15, 0.2) is 11.5 Å². The molecule has 1 saturated heterocycles. The minimum absolute atomic E-state index is 0.113. The van der Waals surface area contributed by atoms with Crippen LogP contribution in [0.1, 0.15) is 12.5 Å². The van der Waals surface area contributed by atoms with E-state index in [9.17, 15) is 9.59 Å². The van der Waals surface area contributed by atoms with Crippen LogP contribution in [0.4, 0.5) is 10.5 Å². The first kappa shape index (κ1) is 20.1. The third kappa shape index (κ3) is 4.24. The van der Waals surface area contributed by atoms with Crippen molar-refractivity contribution in [2.75, 3.05) is 18.1 Å². The Morgan fingerprint density at radius 1 is 1.18 bits per heavy atom. The summed E-state index contributed by atoms with van der Waals surface area (Å²) in [4.78, 5) is 26.6. The van der Waals surface area contributed by atoms with Crippen molar-refractivity contribution in [2.45, 2.75) is 6.92 Å². The molecule has 0 saturated carbocycles. The second kappa shape index (κ2) is 9.00. The topological polar surface area (TPSA) is 55.8 Å². The Kier molecular flexibility index (Phi) is 6.45. The van der Waals surface area contributed by atoms with Crippen LogP contribution in [-0.2, 0) is 4.79 Å². The number of carbonyl (C=O) groups is 2. The SMILES string of the molecule is C#CCOc1cc(Br)c(/C=C2\SC(=O)N(c3ccccc3)C2=O)cc1OCC. The van der Waals surface area contributed by atoms with Crippen molar-refractivity contribution >= 4 is 50.6 Å². The summed E-state index contributed by atoms with van der Waals surface area (Å²) >= 11 is 4.37. The van der Waals surface area contributed by atoms with Crippen LogP contribution in [0.25, 0.3) is 6.08 Å². The van der Waals surface area contributed by atoms with Crippen molar-refractivity contribution in [1.29, 1.82) is 0 Å². The molecule has 7 heteroatoms. The molecule has 0 aliphatic carbocycles. The Morgan fingerprint density at radius 2 is 1.89 bits per heavy atom. The zero-order valence-corrected chi connectivity index (χ0v) is 17.4. The van der Waals surface area contributed by atoms with Gasteiger partial charge in [0.1, 0.15) is 6.61 Å². The molecule has 1 heterocycles. The normalized spacial score (nSPS) is 15.0. The van der Waals surface area contributed by atoms with E-state index < -0.39 is 0 Å². The first-order valence-electron chi connectivity index (χ1n) is 8.40. The van der Waals surface area contributed by atoms with Gasteiger partial charge in [-0.25, -0.2) is 4.90 Å². The predicted octanol–water partition coefficient (Wildman–Crippen LogP) is 5.10. The number of thioether (sulfide) groups is 1. The molecule has 2 aromatic rings. The molecule has 0 radical (unpaired) electrons. The van der Waals surface area contributed by atoms with Gasteiger partial charge in [0, 0.05) is 4.47 Å². The molecule has 142 valence electrons. The quantitative estimate of drug-likeness (QED) is 0.445. The highest BCUT2D eigenvalue weighted by atomic mass is 79.9. The van der Waals surface area contributed by atoms with Crippen LogP contribution in [0.5, 0.6) is 11.5 Å². The first-order valence-corrected chi connectivity index (χ1v) is 10.0. The average molecular weight is 458 g/mol. The summed E-state index contributed by atoms with van der Waals surface area (Å²) in [5.74, 6) is 3.06.